The van der Waals surface area contributed by atoms with Crippen molar-refractivity contribution in [3.63, 3.8) is 0 Å². The van der Waals surface area contributed by atoms with Crippen molar-refractivity contribution in [1.29, 1.82) is 0 Å². The number of rotatable bonds is 43. The summed E-state index contributed by atoms with van der Waals surface area (Å²) < 4.78 is 11.2. The summed E-state index contributed by atoms with van der Waals surface area (Å²) in [7, 11) is 0. The molecule has 0 amide bonds. The smallest absolute Gasteiger partial charge is 0.306 e. The Morgan fingerprint density at radius 1 is 0.446 bits per heavy atom. The Morgan fingerprint density at radius 2 is 0.804 bits per heavy atom. The Bertz CT molecular complexity index is 1000. The van der Waals surface area contributed by atoms with E-state index in [2.05, 4.69) is 98.9 Å². The van der Waals surface area contributed by atoms with Gasteiger partial charge in [0.05, 0.1) is 13.2 Å². The zero-order valence-corrected chi connectivity index (χ0v) is 36.9. The quantitative estimate of drug-likeness (QED) is 0.0380. The van der Waals surface area contributed by atoms with Crippen molar-refractivity contribution in [2.75, 3.05) is 19.8 Å². The third-order valence-corrected chi connectivity index (χ3v) is 9.95. The number of hydrogen-bond donors (Lipinski definition) is 1. The zero-order valence-electron chi connectivity index (χ0n) is 36.9. The fraction of sp³-hybridized carbons (Fsp3) is 0.712. The molecule has 0 saturated carbocycles. The number of allylic oxidation sites excluding steroid dienone is 14. The lowest BCUT2D eigenvalue weighted by Crippen LogP contribution is -2.27. The predicted octanol–water partition coefficient (Wildman–Crippen LogP) is 15.9. The fourth-order valence-electron chi connectivity index (χ4n) is 6.44. The van der Waals surface area contributed by atoms with Crippen LogP contribution in [0.1, 0.15) is 213 Å². The summed E-state index contributed by atoms with van der Waals surface area (Å²) in [5, 5.41) is 9.63. The average molecular weight is 779 g/mol. The average Bonchev–Trinajstić information content (AvgIpc) is 3.20. The van der Waals surface area contributed by atoms with Gasteiger partial charge in [-0.15, -0.1) is 0 Å². The largest absolute Gasteiger partial charge is 0.457 e. The van der Waals surface area contributed by atoms with Gasteiger partial charge in [-0.3, -0.25) is 4.79 Å². The van der Waals surface area contributed by atoms with Gasteiger partial charge >= 0.3 is 5.97 Å². The van der Waals surface area contributed by atoms with E-state index in [-0.39, 0.29) is 19.2 Å². The van der Waals surface area contributed by atoms with E-state index in [0.717, 1.165) is 64.2 Å². The monoisotopic (exact) mass is 779 g/mol. The first-order valence-corrected chi connectivity index (χ1v) is 23.7. The van der Waals surface area contributed by atoms with Gasteiger partial charge in [-0.25, -0.2) is 0 Å². The highest BCUT2D eigenvalue weighted by Gasteiger charge is 2.13. The lowest BCUT2D eigenvalue weighted by atomic mass is 10.1. The molecule has 322 valence electrons. The molecule has 0 aliphatic rings. The van der Waals surface area contributed by atoms with Crippen LogP contribution in [-0.2, 0) is 14.3 Å². The van der Waals surface area contributed by atoms with Crippen molar-refractivity contribution in [2.45, 2.75) is 219 Å². The normalized spacial score (nSPS) is 13.1. The molecule has 0 aromatic carbocycles. The number of esters is 1. The van der Waals surface area contributed by atoms with Crippen LogP contribution in [0.3, 0.4) is 0 Å². The number of carbonyl (C=O) groups is 1. The van der Waals surface area contributed by atoms with Crippen LogP contribution in [-0.4, -0.2) is 37.0 Å². The van der Waals surface area contributed by atoms with Crippen LogP contribution in [0, 0.1) is 0 Å². The minimum atomic E-state index is -0.548. The molecule has 1 unspecified atom stereocenters. The molecular formula is C52H90O4. The highest BCUT2D eigenvalue weighted by molar-refractivity contribution is 5.69. The Kier molecular flexibility index (Phi) is 46.6. The standard InChI is InChI=1S/C52H90O4/c1-3-5-7-9-11-13-15-17-19-21-23-24-25-26-27-28-29-30-32-34-36-38-40-42-44-46-48-55-50-51(49-53)56-52(54)47-45-43-41-39-37-35-33-31-22-20-18-16-14-12-10-8-6-4-2/h5,7,11,13,17,19-20,22-24,26-27,29-30,51,53H,3-4,6,8-10,12,14-16,18,21,25,28,31-50H2,1-2H3/b7-5-,13-11-,19-17-,22-20-,24-23-,27-26-,30-29-. The maximum atomic E-state index is 12.2. The summed E-state index contributed by atoms with van der Waals surface area (Å²) in [5.41, 5.74) is 0. The highest BCUT2D eigenvalue weighted by Crippen LogP contribution is 2.13. The van der Waals surface area contributed by atoms with Crippen molar-refractivity contribution < 1.29 is 19.4 Å². The number of carbonyl (C=O) groups excluding carboxylic acids is 1. The Hall–Kier alpha value is -2.43. The maximum absolute atomic E-state index is 12.2. The Morgan fingerprint density at radius 3 is 1.23 bits per heavy atom. The second-order valence-electron chi connectivity index (χ2n) is 15.4. The molecule has 0 aliphatic carbocycles. The van der Waals surface area contributed by atoms with Crippen molar-refractivity contribution in [1.82, 2.24) is 0 Å². The third-order valence-electron chi connectivity index (χ3n) is 9.95. The molecule has 0 aromatic rings. The molecular weight excluding hydrogens is 689 g/mol. The van der Waals surface area contributed by atoms with Gasteiger partial charge in [-0.05, 0) is 89.9 Å². The lowest BCUT2D eigenvalue weighted by Gasteiger charge is -2.15. The molecule has 0 rings (SSSR count). The molecule has 0 saturated heterocycles. The molecule has 0 spiro atoms. The second-order valence-corrected chi connectivity index (χ2v) is 15.4. The first kappa shape index (κ1) is 53.6. The first-order chi connectivity index (χ1) is 27.7. The lowest BCUT2D eigenvalue weighted by molar-refractivity contribution is -0.154. The van der Waals surface area contributed by atoms with Gasteiger partial charge in [0.15, 0.2) is 0 Å². The molecule has 1 N–H and O–H groups in total. The van der Waals surface area contributed by atoms with E-state index in [0.29, 0.717) is 13.0 Å². The van der Waals surface area contributed by atoms with Gasteiger partial charge in [0.25, 0.3) is 0 Å². The first-order valence-electron chi connectivity index (χ1n) is 23.7. The van der Waals surface area contributed by atoms with E-state index >= 15 is 0 Å². The van der Waals surface area contributed by atoms with Gasteiger partial charge < -0.3 is 14.6 Å². The summed E-state index contributed by atoms with van der Waals surface area (Å²) >= 11 is 0. The molecule has 0 radical (unpaired) electrons. The van der Waals surface area contributed by atoms with E-state index in [4.69, 9.17) is 9.47 Å². The minimum absolute atomic E-state index is 0.182. The van der Waals surface area contributed by atoms with E-state index in [1.807, 2.05) is 0 Å². The van der Waals surface area contributed by atoms with Crippen LogP contribution in [0.5, 0.6) is 0 Å². The zero-order chi connectivity index (χ0) is 40.5. The summed E-state index contributed by atoms with van der Waals surface area (Å²) in [6, 6.07) is 0. The van der Waals surface area contributed by atoms with E-state index in [9.17, 15) is 9.90 Å². The van der Waals surface area contributed by atoms with Gasteiger partial charge in [-0.2, -0.15) is 0 Å². The van der Waals surface area contributed by atoms with Crippen LogP contribution in [0.15, 0.2) is 85.1 Å². The fourth-order valence-corrected chi connectivity index (χ4v) is 6.44. The molecule has 4 nitrogen and oxygen atoms in total. The van der Waals surface area contributed by atoms with Crippen LogP contribution < -0.4 is 0 Å². The van der Waals surface area contributed by atoms with E-state index in [1.165, 1.54) is 128 Å². The van der Waals surface area contributed by atoms with E-state index < -0.39 is 6.10 Å². The summed E-state index contributed by atoms with van der Waals surface area (Å²) in [5.74, 6) is -0.211. The highest BCUT2D eigenvalue weighted by atomic mass is 16.6. The minimum Gasteiger partial charge on any atom is -0.457 e. The number of unbranched alkanes of at least 4 members (excludes halogenated alkanes) is 21. The van der Waals surface area contributed by atoms with Crippen LogP contribution in [0.2, 0.25) is 0 Å². The second kappa shape index (κ2) is 48.7. The van der Waals surface area contributed by atoms with Crippen molar-refractivity contribution >= 4 is 5.97 Å². The summed E-state index contributed by atoms with van der Waals surface area (Å²) in [4.78, 5) is 12.2. The molecule has 0 aromatic heterocycles. The SMILES string of the molecule is CC/C=C\C/C=C\C/C=C\C/C=C\C/C=C\C/C=C\CCCCCCCCCOCC(CO)OC(=O)CCCCCCCCC/C=C\CCCCCCCCC. The predicted molar refractivity (Wildman–Crippen MR) is 246 cm³/mol. The molecule has 4 heteroatoms. The Balaban J connectivity index is 3.50. The Labute approximate surface area is 348 Å². The number of aliphatic hydroxyl groups excluding tert-OH is 1. The molecule has 0 aliphatic heterocycles. The van der Waals surface area contributed by atoms with Gasteiger partial charge in [0.1, 0.15) is 6.10 Å². The maximum Gasteiger partial charge on any atom is 0.306 e. The molecule has 56 heavy (non-hydrogen) atoms. The van der Waals surface area contributed by atoms with E-state index in [1.54, 1.807) is 0 Å². The van der Waals surface area contributed by atoms with Crippen LogP contribution in [0.25, 0.3) is 0 Å². The van der Waals surface area contributed by atoms with Crippen molar-refractivity contribution in [3.8, 4) is 0 Å². The topological polar surface area (TPSA) is 55.8 Å². The van der Waals surface area contributed by atoms with Gasteiger partial charge in [0, 0.05) is 13.0 Å². The number of ether oxygens (including phenoxy) is 2. The number of hydrogen-bond acceptors (Lipinski definition) is 4. The third kappa shape index (κ3) is 46.0. The summed E-state index contributed by atoms with van der Waals surface area (Å²) in [6.45, 7) is 5.20. The van der Waals surface area contributed by atoms with Crippen LogP contribution >= 0.6 is 0 Å². The van der Waals surface area contributed by atoms with Crippen molar-refractivity contribution in [2.24, 2.45) is 0 Å². The molecule has 0 heterocycles. The van der Waals surface area contributed by atoms with Gasteiger partial charge in [0.2, 0.25) is 0 Å². The van der Waals surface area contributed by atoms with Crippen molar-refractivity contribution in [3.05, 3.63) is 85.1 Å². The van der Waals surface area contributed by atoms with Crippen LogP contribution in [0.4, 0.5) is 0 Å². The van der Waals surface area contributed by atoms with Gasteiger partial charge in [-0.1, -0.05) is 202 Å². The molecule has 0 fully saturated rings. The molecule has 0 bridgehead atoms. The summed E-state index contributed by atoms with van der Waals surface area (Å²) in [6.07, 6.45) is 68.0. The number of aliphatic hydroxyl groups is 1. The molecule has 1 atom stereocenters.